The fourth-order valence-electron chi connectivity index (χ4n) is 1.95. The lowest BCUT2D eigenvalue weighted by Gasteiger charge is -2.22. The maximum absolute atomic E-state index is 11.2. The molecule has 15 heavy (non-hydrogen) atoms. The van der Waals surface area contributed by atoms with Crippen LogP contribution in [-0.2, 0) is 4.79 Å². The first-order chi connectivity index (χ1) is 7.16. The van der Waals surface area contributed by atoms with Gasteiger partial charge >= 0.3 is 0 Å². The molecule has 1 aliphatic rings. The van der Waals surface area contributed by atoms with Crippen molar-refractivity contribution in [3.8, 4) is 0 Å². The molecule has 0 aliphatic heterocycles. The van der Waals surface area contributed by atoms with E-state index in [1.165, 1.54) is 0 Å². The Morgan fingerprint density at radius 1 is 1.40 bits per heavy atom. The minimum absolute atomic E-state index is 0.0125. The third kappa shape index (κ3) is 4.62. The predicted octanol–water partition coefficient (Wildman–Crippen LogP) is 0.407. The van der Waals surface area contributed by atoms with E-state index in [4.69, 9.17) is 0 Å². The predicted molar refractivity (Wildman–Crippen MR) is 59.6 cm³/mol. The van der Waals surface area contributed by atoms with Crippen LogP contribution in [-0.4, -0.2) is 36.2 Å². The highest BCUT2D eigenvalue weighted by molar-refractivity contribution is 5.77. The van der Waals surface area contributed by atoms with Gasteiger partial charge in [-0.25, -0.2) is 0 Å². The SMILES string of the molecule is CCCNC(=O)CNCC1(O)CCCC1. The van der Waals surface area contributed by atoms with E-state index in [1.807, 2.05) is 6.92 Å². The van der Waals surface area contributed by atoms with Crippen molar-refractivity contribution in [2.24, 2.45) is 0 Å². The molecule has 0 aromatic heterocycles. The molecule has 88 valence electrons. The summed E-state index contributed by atoms with van der Waals surface area (Å²) in [6, 6.07) is 0. The maximum atomic E-state index is 11.2. The van der Waals surface area contributed by atoms with E-state index >= 15 is 0 Å². The van der Waals surface area contributed by atoms with Crippen molar-refractivity contribution in [3.63, 3.8) is 0 Å². The zero-order chi connectivity index (χ0) is 11.1. The number of hydrogen-bond donors (Lipinski definition) is 3. The minimum Gasteiger partial charge on any atom is -0.389 e. The first-order valence-electron chi connectivity index (χ1n) is 5.86. The van der Waals surface area contributed by atoms with Crippen molar-refractivity contribution >= 4 is 5.91 Å². The summed E-state index contributed by atoms with van der Waals surface area (Å²) < 4.78 is 0. The van der Waals surface area contributed by atoms with Gasteiger partial charge in [-0.3, -0.25) is 4.79 Å². The smallest absolute Gasteiger partial charge is 0.233 e. The van der Waals surface area contributed by atoms with Gasteiger partial charge in [-0.05, 0) is 19.3 Å². The van der Waals surface area contributed by atoms with Gasteiger partial charge in [-0.2, -0.15) is 0 Å². The van der Waals surface area contributed by atoms with Crippen molar-refractivity contribution < 1.29 is 9.90 Å². The Morgan fingerprint density at radius 3 is 2.67 bits per heavy atom. The van der Waals surface area contributed by atoms with E-state index in [-0.39, 0.29) is 5.91 Å². The summed E-state index contributed by atoms with van der Waals surface area (Å²) >= 11 is 0. The molecule has 3 N–H and O–H groups in total. The first-order valence-corrected chi connectivity index (χ1v) is 5.86. The lowest BCUT2D eigenvalue weighted by Crippen LogP contribution is -2.42. The fourth-order valence-corrected chi connectivity index (χ4v) is 1.95. The van der Waals surface area contributed by atoms with E-state index in [9.17, 15) is 9.90 Å². The summed E-state index contributed by atoms with van der Waals surface area (Å²) in [6.07, 6.45) is 4.86. The Balaban J connectivity index is 2.07. The molecule has 0 spiro atoms. The van der Waals surface area contributed by atoms with Crippen LogP contribution >= 0.6 is 0 Å². The highest BCUT2D eigenvalue weighted by atomic mass is 16.3. The molecule has 0 aromatic rings. The van der Waals surface area contributed by atoms with E-state index in [2.05, 4.69) is 10.6 Å². The molecule has 0 heterocycles. The van der Waals surface area contributed by atoms with Crippen molar-refractivity contribution in [1.82, 2.24) is 10.6 Å². The van der Waals surface area contributed by atoms with Gasteiger partial charge < -0.3 is 15.7 Å². The third-order valence-corrected chi connectivity index (χ3v) is 2.85. The van der Waals surface area contributed by atoms with Crippen LogP contribution in [0.1, 0.15) is 39.0 Å². The van der Waals surface area contributed by atoms with Gasteiger partial charge in [-0.15, -0.1) is 0 Å². The molecule has 1 aliphatic carbocycles. The average Bonchev–Trinajstić information content (AvgIpc) is 2.62. The number of amides is 1. The normalized spacial score (nSPS) is 19.1. The molecule has 1 fully saturated rings. The summed E-state index contributed by atoms with van der Waals surface area (Å²) in [6.45, 7) is 3.59. The molecule has 0 radical (unpaired) electrons. The molecule has 0 bridgehead atoms. The molecule has 1 rings (SSSR count). The second kappa shape index (κ2) is 6.08. The van der Waals surface area contributed by atoms with Crippen LogP contribution in [0, 0.1) is 0 Å². The number of nitrogens with one attached hydrogen (secondary N) is 2. The van der Waals surface area contributed by atoms with Crippen molar-refractivity contribution in [3.05, 3.63) is 0 Å². The summed E-state index contributed by atoms with van der Waals surface area (Å²) in [7, 11) is 0. The lowest BCUT2D eigenvalue weighted by molar-refractivity contribution is -0.120. The van der Waals surface area contributed by atoms with E-state index in [1.54, 1.807) is 0 Å². The van der Waals surface area contributed by atoms with Crippen LogP contribution in [0.5, 0.6) is 0 Å². The topological polar surface area (TPSA) is 61.4 Å². The van der Waals surface area contributed by atoms with Gasteiger partial charge in [-0.1, -0.05) is 19.8 Å². The molecule has 0 unspecified atom stereocenters. The van der Waals surface area contributed by atoms with Crippen molar-refractivity contribution in [1.29, 1.82) is 0 Å². The van der Waals surface area contributed by atoms with Crippen LogP contribution in [0.15, 0.2) is 0 Å². The second-order valence-electron chi connectivity index (χ2n) is 4.38. The number of rotatable bonds is 6. The van der Waals surface area contributed by atoms with Crippen LogP contribution in [0.3, 0.4) is 0 Å². The van der Waals surface area contributed by atoms with E-state index in [0.29, 0.717) is 13.1 Å². The highest BCUT2D eigenvalue weighted by Crippen LogP contribution is 2.28. The van der Waals surface area contributed by atoms with E-state index in [0.717, 1.165) is 38.6 Å². The van der Waals surface area contributed by atoms with E-state index < -0.39 is 5.60 Å². The third-order valence-electron chi connectivity index (χ3n) is 2.85. The number of hydrogen-bond acceptors (Lipinski definition) is 3. The molecule has 0 aromatic carbocycles. The van der Waals surface area contributed by atoms with Gasteiger partial charge in [0, 0.05) is 13.1 Å². The Hall–Kier alpha value is -0.610. The molecule has 0 saturated heterocycles. The Bertz CT molecular complexity index is 201. The summed E-state index contributed by atoms with van der Waals surface area (Å²) in [5, 5.41) is 15.8. The number of carbonyl (C=O) groups excluding carboxylic acids is 1. The van der Waals surface area contributed by atoms with Crippen LogP contribution < -0.4 is 10.6 Å². The largest absolute Gasteiger partial charge is 0.389 e. The van der Waals surface area contributed by atoms with Gasteiger partial charge in [0.15, 0.2) is 0 Å². The zero-order valence-corrected chi connectivity index (χ0v) is 9.51. The molecule has 1 amide bonds. The Kier molecular flexibility index (Phi) is 5.05. The van der Waals surface area contributed by atoms with Gasteiger partial charge in [0.1, 0.15) is 0 Å². The quantitative estimate of drug-likeness (QED) is 0.600. The minimum atomic E-state index is -0.564. The Labute approximate surface area is 91.4 Å². The fraction of sp³-hybridized carbons (Fsp3) is 0.909. The molecule has 1 saturated carbocycles. The molecule has 4 heteroatoms. The molecular weight excluding hydrogens is 192 g/mol. The monoisotopic (exact) mass is 214 g/mol. The van der Waals surface area contributed by atoms with Crippen molar-refractivity contribution in [2.45, 2.75) is 44.6 Å². The number of aliphatic hydroxyl groups is 1. The average molecular weight is 214 g/mol. The lowest BCUT2D eigenvalue weighted by atomic mass is 10.0. The maximum Gasteiger partial charge on any atom is 0.233 e. The number of carbonyl (C=O) groups is 1. The second-order valence-corrected chi connectivity index (χ2v) is 4.38. The van der Waals surface area contributed by atoms with Crippen LogP contribution in [0.25, 0.3) is 0 Å². The van der Waals surface area contributed by atoms with Crippen LogP contribution in [0.4, 0.5) is 0 Å². The first kappa shape index (κ1) is 12.5. The van der Waals surface area contributed by atoms with Gasteiger partial charge in [0.05, 0.1) is 12.1 Å². The van der Waals surface area contributed by atoms with Crippen LogP contribution in [0.2, 0.25) is 0 Å². The molecule has 0 atom stereocenters. The molecular formula is C11H22N2O2. The summed E-state index contributed by atoms with van der Waals surface area (Å²) in [5.74, 6) is 0.0125. The van der Waals surface area contributed by atoms with Gasteiger partial charge in [0.2, 0.25) is 5.91 Å². The Morgan fingerprint density at radius 2 is 2.07 bits per heavy atom. The summed E-state index contributed by atoms with van der Waals surface area (Å²) in [5.41, 5.74) is -0.564. The standard InChI is InChI=1S/C11H22N2O2/c1-2-7-13-10(14)8-12-9-11(15)5-3-4-6-11/h12,15H,2-9H2,1H3,(H,13,14). The highest BCUT2D eigenvalue weighted by Gasteiger charge is 2.30. The summed E-state index contributed by atoms with van der Waals surface area (Å²) in [4.78, 5) is 11.2. The van der Waals surface area contributed by atoms with Gasteiger partial charge in [0.25, 0.3) is 0 Å². The molecule has 4 nitrogen and oxygen atoms in total. The zero-order valence-electron chi connectivity index (χ0n) is 9.51. The van der Waals surface area contributed by atoms with Crippen molar-refractivity contribution in [2.75, 3.05) is 19.6 Å².